The maximum atomic E-state index is 11.1. The molecule has 2 rings (SSSR count). The molecule has 0 bridgehead atoms. The second-order valence-electron chi connectivity index (χ2n) is 4.08. The molecule has 1 N–H and O–H groups in total. The Kier molecular flexibility index (Phi) is 4.19. The van der Waals surface area contributed by atoms with Crippen LogP contribution >= 0.6 is 11.8 Å². The molecule has 0 unspecified atom stereocenters. The molecule has 0 radical (unpaired) electrons. The van der Waals surface area contributed by atoms with Gasteiger partial charge in [-0.3, -0.25) is 10.1 Å². The molecule has 4 nitrogen and oxygen atoms in total. The normalized spacial score (nSPS) is 12.1. The van der Waals surface area contributed by atoms with Crippen molar-refractivity contribution in [3.63, 3.8) is 0 Å². The third-order valence-corrected chi connectivity index (χ3v) is 3.71. The molecule has 0 amide bonds. The third kappa shape index (κ3) is 3.33. The standard InChI is InChI=1S/C14H13NO3S/c1-10(16)11-7-8-14(13(9-11)15(17)18)19-12-5-3-2-4-6-12/h2-10,16H,1H3/t10-/m1/s1. The molecule has 98 valence electrons. The highest BCUT2D eigenvalue weighted by molar-refractivity contribution is 7.99. The van der Waals surface area contributed by atoms with E-state index in [2.05, 4.69) is 0 Å². The Morgan fingerprint density at radius 1 is 1.21 bits per heavy atom. The van der Waals surface area contributed by atoms with E-state index in [4.69, 9.17) is 0 Å². The number of nitrogens with zero attached hydrogens (tertiary/aromatic N) is 1. The highest BCUT2D eigenvalue weighted by atomic mass is 32.2. The maximum absolute atomic E-state index is 11.1. The second-order valence-corrected chi connectivity index (χ2v) is 5.19. The minimum atomic E-state index is -0.713. The van der Waals surface area contributed by atoms with Gasteiger partial charge in [0.15, 0.2) is 0 Å². The summed E-state index contributed by atoms with van der Waals surface area (Å²) in [6.07, 6.45) is -0.713. The van der Waals surface area contributed by atoms with E-state index in [1.165, 1.54) is 17.8 Å². The Hall–Kier alpha value is -1.85. The van der Waals surface area contributed by atoms with Gasteiger partial charge in [-0.1, -0.05) is 36.0 Å². The summed E-state index contributed by atoms with van der Waals surface area (Å²) >= 11 is 1.34. The molecule has 0 fully saturated rings. The average Bonchev–Trinajstić information content (AvgIpc) is 2.39. The molecule has 1 atom stereocenters. The van der Waals surface area contributed by atoms with Crippen molar-refractivity contribution in [1.82, 2.24) is 0 Å². The first-order chi connectivity index (χ1) is 9.08. The zero-order chi connectivity index (χ0) is 13.8. The fourth-order valence-corrected chi connectivity index (χ4v) is 2.56. The van der Waals surface area contributed by atoms with Gasteiger partial charge < -0.3 is 5.11 Å². The van der Waals surface area contributed by atoms with E-state index in [0.717, 1.165) is 4.90 Å². The highest BCUT2D eigenvalue weighted by Gasteiger charge is 2.17. The lowest BCUT2D eigenvalue weighted by atomic mass is 10.1. The van der Waals surface area contributed by atoms with E-state index < -0.39 is 11.0 Å². The predicted octanol–water partition coefficient (Wildman–Crippen LogP) is 3.80. The van der Waals surface area contributed by atoms with Gasteiger partial charge in [0, 0.05) is 11.0 Å². The SMILES string of the molecule is C[C@@H](O)c1ccc(Sc2ccccc2)c([N+](=O)[O-])c1. The van der Waals surface area contributed by atoms with E-state index in [9.17, 15) is 15.2 Å². The van der Waals surface area contributed by atoms with Crippen molar-refractivity contribution in [3.05, 3.63) is 64.2 Å². The molecule has 5 heteroatoms. The minimum Gasteiger partial charge on any atom is -0.389 e. The van der Waals surface area contributed by atoms with Crippen LogP contribution in [0.2, 0.25) is 0 Å². The summed E-state index contributed by atoms with van der Waals surface area (Å²) in [6.45, 7) is 1.59. The van der Waals surface area contributed by atoms with Crippen molar-refractivity contribution < 1.29 is 10.0 Å². The molecule has 19 heavy (non-hydrogen) atoms. The number of nitro groups is 1. The van der Waals surface area contributed by atoms with E-state index in [1.807, 2.05) is 30.3 Å². The molecule has 0 aromatic heterocycles. The Bertz CT molecular complexity index is 584. The summed E-state index contributed by atoms with van der Waals surface area (Å²) in [5.41, 5.74) is 0.566. The molecule has 0 saturated carbocycles. The average molecular weight is 275 g/mol. The number of hydrogen-bond donors (Lipinski definition) is 1. The van der Waals surface area contributed by atoms with E-state index >= 15 is 0 Å². The lowest BCUT2D eigenvalue weighted by Crippen LogP contribution is -1.96. The van der Waals surface area contributed by atoms with Crippen molar-refractivity contribution >= 4 is 17.4 Å². The van der Waals surface area contributed by atoms with E-state index in [1.54, 1.807) is 19.1 Å². The Morgan fingerprint density at radius 3 is 2.47 bits per heavy atom. The number of aliphatic hydroxyl groups is 1. The first kappa shape index (κ1) is 13.6. The molecule has 2 aromatic carbocycles. The number of nitro benzene ring substituents is 1. The van der Waals surface area contributed by atoms with Crippen LogP contribution in [0.5, 0.6) is 0 Å². The Balaban J connectivity index is 2.37. The first-order valence-corrected chi connectivity index (χ1v) is 6.59. The summed E-state index contributed by atoms with van der Waals surface area (Å²) in [6, 6.07) is 14.3. The molecule has 0 saturated heterocycles. The van der Waals surface area contributed by atoms with Crippen LogP contribution in [0.25, 0.3) is 0 Å². The van der Waals surface area contributed by atoms with Gasteiger partial charge in [-0.05, 0) is 30.7 Å². The first-order valence-electron chi connectivity index (χ1n) is 5.77. The van der Waals surface area contributed by atoms with Gasteiger partial charge in [0.05, 0.1) is 15.9 Å². The summed E-state index contributed by atoms with van der Waals surface area (Å²) < 4.78 is 0. The van der Waals surface area contributed by atoms with Crippen LogP contribution in [0.1, 0.15) is 18.6 Å². The quantitative estimate of drug-likeness (QED) is 0.681. The van der Waals surface area contributed by atoms with Gasteiger partial charge >= 0.3 is 0 Å². The topological polar surface area (TPSA) is 63.4 Å². The van der Waals surface area contributed by atoms with Crippen LogP contribution < -0.4 is 0 Å². The van der Waals surface area contributed by atoms with E-state index in [0.29, 0.717) is 10.5 Å². The fourth-order valence-electron chi connectivity index (χ4n) is 1.64. The molecule has 0 aliphatic rings. The lowest BCUT2D eigenvalue weighted by Gasteiger charge is -2.07. The maximum Gasteiger partial charge on any atom is 0.283 e. The number of rotatable bonds is 4. The van der Waals surface area contributed by atoms with Gasteiger partial charge in [-0.25, -0.2) is 0 Å². The Labute approximate surface area is 115 Å². The lowest BCUT2D eigenvalue weighted by molar-refractivity contribution is -0.387. The van der Waals surface area contributed by atoms with Crippen LogP contribution in [-0.2, 0) is 0 Å². The minimum absolute atomic E-state index is 0.0206. The monoisotopic (exact) mass is 275 g/mol. The summed E-state index contributed by atoms with van der Waals surface area (Å²) in [5.74, 6) is 0. The highest BCUT2D eigenvalue weighted by Crippen LogP contribution is 2.36. The van der Waals surface area contributed by atoms with Crippen LogP contribution in [-0.4, -0.2) is 10.0 Å². The molecule has 2 aromatic rings. The molecular weight excluding hydrogens is 262 g/mol. The van der Waals surface area contributed by atoms with E-state index in [-0.39, 0.29) is 5.69 Å². The van der Waals surface area contributed by atoms with Crippen molar-refractivity contribution in [2.75, 3.05) is 0 Å². The van der Waals surface area contributed by atoms with Crippen molar-refractivity contribution in [2.45, 2.75) is 22.8 Å². The molecule has 0 aliphatic carbocycles. The van der Waals surface area contributed by atoms with Crippen molar-refractivity contribution in [2.24, 2.45) is 0 Å². The second kappa shape index (κ2) is 5.86. The Morgan fingerprint density at radius 2 is 1.89 bits per heavy atom. The van der Waals surface area contributed by atoms with Crippen LogP contribution in [0, 0.1) is 10.1 Å². The van der Waals surface area contributed by atoms with Crippen molar-refractivity contribution in [3.8, 4) is 0 Å². The number of hydrogen-bond acceptors (Lipinski definition) is 4. The summed E-state index contributed by atoms with van der Waals surface area (Å²) in [5, 5.41) is 20.6. The number of benzene rings is 2. The summed E-state index contributed by atoms with van der Waals surface area (Å²) in [7, 11) is 0. The zero-order valence-electron chi connectivity index (χ0n) is 10.3. The van der Waals surface area contributed by atoms with Crippen LogP contribution in [0.15, 0.2) is 58.3 Å². The van der Waals surface area contributed by atoms with Gasteiger partial charge in [-0.2, -0.15) is 0 Å². The van der Waals surface area contributed by atoms with Gasteiger partial charge in [0.1, 0.15) is 0 Å². The largest absolute Gasteiger partial charge is 0.389 e. The molecular formula is C14H13NO3S. The predicted molar refractivity (Wildman–Crippen MR) is 74.3 cm³/mol. The smallest absolute Gasteiger partial charge is 0.283 e. The molecule has 0 aliphatic heterocycles. The van der Waals surface area contributed by atoms with Gasteiger partial charge in [-0.15, -0.1) is 0 Å². The van der Waals surface area contributed by atoms with Crippen LogP contribution in [0.4, 0.5) is 5.69 Å². The number of aliphatic hydroxyl groups excluding tert-OH is 1. The summed E-state index contributed by atoms with van der Waals surface area (Å²) in [4.78, 5) is 12.2. The third-order valence-electron chi connectivity index (χ3n) is 2.63. The van der Waals surface area contributed by atoms with Crippen molar-refractivity contribution in [1.29, 1.82) is 0 Å². The van der Waals surface area contributed by atoms with Gasteiger partial charge in [0.25, 0.3) is 5.69 Å². The molecule has 0 heterocycles. The zero-order valence-corrected chi connectivity index (χ0v) is 11.1. The van der Waals surface area contributed by atoms with Gasteiger partial charge in [0.2, 0.25) is 0 Å². The fraction of sp³-hybridized carbons (Fsp3) is 0.143. The molecule has 0 spiro atoms. The van der Waals surface area contributed by atoms with Crippen LogP contribution in [0.3, 0.4) is 0 Å².